The van der Waals surface area contributed by atoms with E-state index in [2.05, 4.69) is 26.1 Å². The normalized spacial score (nSPS) is 17.3. The Morgan fingerprint density at radius 3 is 2.61 bits per heavy atom. The molecular weight excluding hydrogens is 447 g/mol. The van der Waals surface area contributed by atoms with Crippen LogP contribution < -0.4 is 20.7 Å². The van der Waals surface area contributed by atoms with Gasteiger partial charge in [-0.3, -0.25) is 14.7 Å². The fourth-order valence-electron chi connectivity index (χ4n) is 3.55. The van der Waals surface area contributed by atoms with E-state index in [4.69, 9.17) is 14.6 Å². The number of nitrogens with zero attached hydrogens (tertiary/aromatic N) is 1. The van der Waals surface area contributed by atoms with Crippen molar-refractivity contribution in [1.29, 1.82) is 0 Å². The Balaban J connectivity index is 0.000000383. The third kappa shape index (κ3) is 5.80. The molecule has 33 heavy (non-hydrogen) atoms. The molecule has 13 heteroatoms. The van der Waals surface area contributed by atoms with Crippen molar-refractivity contribution in [2.24, 2.45) is 0 Å². The molecule has 2 aromatic rings. The topological polar surface area (TPSA) is 145 Å². The molecule has 0 saturated carbocycles. The van der Waals surface area contributed by atoms with E-state index in [-0.39, 0.29) is 17.7 Å². The van der Waals surface area contributed by atoms with E-state index in [1.807, 2.05) is 6.07 Å². The van der Waals surface area contributed by atoms with E-state index in [9.17, 15) is 22.8 Å². The summed E-state index contributed by atoms with van der Waals surface area (Å²) in [6.45, 7) is 1.76. The number of carboxylic acid groups (broad SMARTS) is 1. The predicted octanol–water partition coefficient (Wildman–Crippen LogP) is 2.27. The fraction of sp³-hybridized carbons (Fsp3) is 0.400. The van der Waals surface area contributed by atoms with Crippen LogP contribution in [0.15, 0.2) is 18.3 Å². The van der Waals surface area contributed by atoms with Gasteiger partial charge in [-0.05, 0) is 37.1 Å². The van der Waals surface area contributed by atoms with Crippen molar-refractivity contribution in [2.75, 3.05) is 30.8 Å². The maximum atomic E-state index is 12.8. The maximum Gasteiger partial charge on any atom is 0.490 e. The molecule has 0 radical (unpaired) electrons. The number of amides is 2. The predicted molar refractivity (Wildman–Crippen MR) is 110 cm³/mol. The number of hydrogen-bond acceptors (Lipinski definition) is 6. The van der Waals surface area contributed by atoms with E-state index < -0.39 is 12.1 Å². The highest BCUT2D eigenvalue weighted by atomic mass is 19.4. The number of carbonyl (C=O) groups excluding carboxylic acids is 2. The van der Waals surface area contributed by atoms with Crippen molar-refractivity contribution < 1.29 is 37.4 Å². The fourth-order valence-corrected chi connectivity index (χ4v) is 3.55. The molecule has 178 valence electrons. The quantitative estimate of drug-likeness (QED) is 0.462. The van der Waals surface area contributed by atoms with E-state index in [1.54, 1.807) is 19.4 Å². The van der Waals surface area contributed by atoms with Gasteiger partial charge in [0.15, 0.2) is 0 Å². The van der Waals surface area contributed by atoms with Gasteiger partial charge in [-0.25, -0.2) is 4.79 Å². The Hall–Kier alpha value is -3.61. The van der Waals surface area contributed by atoms with Crippen LogP contribution in [0.5, 0.6) is 5.75 Å². The van der Waals surface area contributed by atoms with Crippen LogP contribution in [0.3, 0.4) is 0 Å². The first-order valence-electron chi connectivity index (χ1n) is 9.96. The Morgan fingerprint density at radius 2 is 2.00 bits per heavy atom. The zero-order valence-corrected chi connectivity index (χ0v) is 17.5. The Bertz CT molecular complexity index is 1050. The summed E-state index contributed by atoms with van der Waals surface area (Å²) < 4.78 is 37.2. The number of alkyl halides is 3. The number of anilines is 2. The molecule has 5 N–H and O–H groups in total. The summed E-state index contributed by atoms with van der Waals surface area (Å²) in [6.07, 6.45) is -1.45. The monoisotopic (exact) mass is 469 g/mol. The van der Waals surface area contributed by atoms with Crippen LogP contribution in [0.25, 0.3) is 0 Å². The molecular formula is C20H22F3N5O5. The average molecular weight is 469 g/mol. The number of aliphatic carboxylic acids is 1. The van der Waals surface area contributed by atoms with Crippen molar-refractivity contribution in [3.8, 4) is 5.75 Å². The SMILES string of the molecule is COc1cc2c(cc1NC(=O)c1cn[nH]c1C1CCNC1)NC(=O)CC2.O=C(O)C(F)(F)F. The summed E-state index contributed by atoms with van der Waals surface area (Å²) in [5, 5.41) is 23.2. The number of halogens is 3. The van der Waals surface area contributed by atoms with Gasteiger partial charge in [0.25, 0.3) is 5.91 Å². The van der Waals surface area contributed by atoms with E-state index in [0.717, 1.165) is 30.8 Å². The number of aryl methyl sites for hydroxylation is 1. The summed E-state index contributed by atoms with van der Waals surface area (Å²) >= 11 is 0. The summed E-state index contributed by atoms with van der Waals surface area (Å²) in [4.78, 5) is 33.4. The molecule has 0 bridgehead atoms. The number of fused-ring (bicyclic) bond motifs is 1. The second kappa shape index (κ2) is 9.90. The second-order valence-corrected chi connectivity index (χ2v) is 7.40. The molecule has 3 heterocycles. The molecule has 1 fully saturated rings. The number of methoxy groups -OCH3 is 1. The molecule has 1 unspecified atom stereocenters. The number of hydrogen-bond donors (Lipinski definition) is 5. The lowest BCUT2D eigenvalue weighted by Gasteiger charge is -2.20. The Morgan fingerprint density at radius 1 is 1.27 bits per heavy atom. The van der Waals surface area contributed by atoms with Crippen LogP contribution in [0, 0.1) is 0 Å². The van der Waals surface area contributed by atoms with E-state index in [0.29, 0.717) is 35.5 Å². The molecule has 1 aromatic heterocycles. The molecule has 0 spiro atoms. The highest BCUT2D eigenvalue weighted by Gasteiger charge is 2.38. The highest BCUT2D eigenvalue weighted by molar-refractivity contribution is 6.06. The van der Waals surface area contributed by atoms with Gasteiger partial charge < -0.3 is 25.8 Å². The maximum absolute atomic E-state index is 12.8. The first-order chi connectivity index (χ1) is 15.6. The van der Waals surface area contributed by atoms with Crippen molar-refractivity contribution in [1.82, 2.24) is 15.5 Å². The third-order valence-electron chi connectivity index (χ3n) is 5.19. The van der Waals surface area contributed by atoms with Gasteiger partial charge in [-0.15, -0.1) is 0 Å². The summed E-state index contributed by atoms with van der Waals surface area (Å²) in [6, 6.07) is 3.61. The van der Waals surface area contributed by atoms with Gasteiger partial charge in [0.05, 0.1) is 30.3 Å². The van der Waals surface area contributed by atoms with Crippen molar-refractivity contribution in [3.05, 3.63) is 35.2 Å². The lowest BCUT2D eigenvalue weighted by atomic mass is 10.00. The van der Waals surface area contributed by atoms with Gasteiger partial charge >= 0.3 is 12.1 Å². The van der Waals surface area contributed by atoms with Gasteiger partial charge in [-0.2, -0.15) is 18.3 Å². The highest BCUT2D eigenvalue weighted by Crippen LogP contribution is 2.35. The molecule has 1 atom stereocenters. The third-order valence-corrected chi connectivity index (χ3v) is 5.19. The number of nitrogens with one attached hydrogen (secondary N) is 4. The van der Waals surface area contributed by atoms with Crippen LogP contribution in [-0.2, 0) is 16.0 Å². The molecule has 4 rings (SSSR count). The lowest BCUT2D eigenvalue weighted by molar-refractivity contribution is -0.192. The molecule has 2 aliphatic heterocycles. The van der Waals surface area contributed by atoms with Crippen molar-refractivity contribution >= 4 is 29.2 Å². The van der Waals surface area contributed by atoms with Crippen LogP contribution in [0.4, 0.5) is 24.5 Å². The van der Waals surface area contributed by atoms with Crippen molar-refractivity contribution in [3.63, 3.8) is 0 Å². The summed E-state index contributed by atoms with van der Waals surface area (Å²) in [7, 11) is 1.56. The van der Waals surface area contributed by atoms with Crippen LogP contribution in [0.1, 0.15) is 40.4 Å². The zero-order chi connectivity index (χ0) is 24.2. The number of aromatic nitrogens is 2. The smallest absolute Gasteiger partial charge is 0.490 e. The lowest BCUT2D eigenvalue weighted by Crippen LogP contribution is -2.21. The van der Waals surface area contributed by atoms with Crippen LogP contribution >= 0.6 is 0 Å². The van der Waals surface area contributed by atoms with Crippen molar-refractivity contribution in [2.45, 2.75) is 31.4 Å². The number of ether oxygens (including phenoxy) is 1. The summed E-state index contributed by atoms with van der Waals surface area (Å²) in [5.41, 5.74) is 3.61. The molecule has 2 amide bonds. The molecule has 2 aliphatic rings. The van der Waals surface area contributed by atoms with E-state index >= 15 is 0 Å². The van der Waals surface area contributed by atoms with Crippen LogP contribution in [-0.4, -0.2) is 59.5 Å². The molecule has 10 nitrogen and oxygen atoms in total. The second-order valence-electron chi connectivity index (χ2n) is 7.40. The van der Waals surface area contributed by atoms with Crippen LogP contribution in [0.2, 0.25) is 0 Å². The zero-order valence-electron chi connectivity index (χ0n) is 17.5. The van der Waals surface area contributed by atoms with Gasteiger partial charge in [0.1, 0.15) is 5.75 Å². The average Bonchev–Trinajstić information content (AvgIpc) is 3.44. The first-order valence-corrected chi connectivity index (χ1v) is 9.96. The number of carboxylic acids is 1. The largest absolute Gasteiger partial charge is 0.495 e. The van der Waals surface area contributed by atoms with Gasteiger partial charge in [0, 0.05) is 24.6 Å². The number of aromatic amines is 1. The molecule has 1 aromatic carbocycles. The molecule has 0 aliphatic carbocycles. The minimum Gasteiger partial charge on any atom is -0.495 e. The number of H-pyrrole nitrogens is 1. The van der Waals surface area contributed by atoms with Gasteiger partial charge in [0.2, 0.25) is 5.91 Å². The molecule has 1 saturated heterocycles. The van der Waals surface area contributed by atoms with E-state index in [1.165, 1.54) is 0 Å². The minimum atomic E-state index is -5.08. The Labute approximate surface area is 185 Å². The first kappa shape index (κ1) is 24.0. The minimum absolute atomic E-state index is 0.0224. The number of rotatable bonds is 4. The van der Waals surface area contributed by atoms with Gasteiger partial charge in [-0.1, -0.05) is 0 Å². The number of carbonyl (C=O) groups is 3. The Kier molecular flexibility index (Phi) is 7.21. The standard InChI is InChI=1S/C18H21N5O3.C2HF3O2/c1-26-15-6-10-2-3-16(24)21-13(10)7-14(15)22-18(25)12-9-20-23-17(12)11-4-5-19-8-11;3-2(4,5)1(6)7/h6-7,9,11,19H,2-5,8H2,1H3,(H,20,23)(H,21,24)(H,22,25);(H,6,7). The number of benzene rings is 1. The summed E-state index contributed by atoms with van der Waals surface area (Å²) in [5.74, 6) is -2.21.